The van der Waals surface area contributed by atoms with Crippen molar-refractivity contribution >= 4 is 40.6 Å². The monoisotopic (exact) mass is 290 g/mol. The number of thioether (sulfide) groups is 1. The van der Waals surface area contributed by atoms with Crippen molar-refractivity contribution in [2.75, 3.05) is 5.75 Å². The topological polar surface area (TPSA) is 52.6 Å². The van der Waals surface area contributed by atoms with E-state index in [-0.39, 0.29) is 18.0 Å². The lowest BCUT2D eigenvalue weighted by Crippen LogP contribution is -2.40. The molecule has 18 heavy (non-hydrogen) atoms. The third-order valence-electron chi connectivity index (χ3n) is 2.37. The van der Waals surface area contributed by atoms with Crippen LogP contribution in [-0.2, 0) is 19.1 Å². The molecule has 1 rings (SSSR count). The van der Waals surface area contributed by atoms with Gasteiger partial charge in [0.2, 0.25) is 4.38 Å². The number of thiocarbonyl (C=S) groups is 1. The number of carbonyl (C=O) groups excluding carboxylic acids is 2. The van der Waals surface area contributed by atoms with Gasteiger partial charge in [0.25, 0.3) is 0 Å². The normalized spacial score (nSPS) is 22.8. The van der Waals surface area contributed by atoms with Crippen LogP contribution < -0.4 is 0 Å². The molecule has 1 fully saturated rings. The van der Waals surface area contributed by atoms with Crippen LogP contribution in [0.3, 0.4) is 0 Å². The molecule has 6 heteroatoms. The summed E-state index contributed by atoms with van der Waals surface area (Å²) in [4.78, 5) is 21.8. The standard InChI is InChI=1S/C12H18O4S2/c1-12(2,3)16-10(14)8-6-9(7-8)15-11(17)18-5-4-13/h4,8-9H,5-7H2,1-3H3. The van der Waals surface area contributed by atoms with Crippen LogP contribution in [0, 0.1) is 5.92 Å². The van der Waals surface area contributed by atoms with E-state index in [1.807, 2.05) is 20.8 Å². The lowest BCUT2D eigenvalue weighted by Gasteiger charge is -2.35. The molecule has 1 aliphatic carbocycles. The summed E-state index contributed by atoms with van der Waals surface area (Å²) in [5, 5.41) is 0. The summed E-state index contributed by atoms with van der Waals surface area (Å²) in [7, 11) is 0. The molecule has 0 amide bonds. The molecular formula is C12H18O4S2. The minimum atomic E-state index is -0.446. The van der Waals surface area contributed by atoms with Crippen molar-refractivity contribution in [2.45, 2.75) is 45.3 Å². The van der Waals surface area contributed by atoms with Gasteiger partial charge in [0, 0.05) is 0 Å². The molecule has 0 unspecified atom stereocenters. The Hall–Kier alpha value is -0.620. The first-order valence-corrected chi connectivity index (χ1v) is 7.21. The first-order valence-electron chi connectivity index (χ1n) is 5.81. The molecule has 0 N–H and O–H groups in total. The maximum absolute atomic E-state index is 11.7. The first-order chi connectivity index (χ1) is 8.31. The molecule has 102 valence electrons. The number of hydrogen-bond donors (Lipinski definition) is 0. The molecule has 0 aliphatic heterocycles. The van der Waals surface area contributed by atoms with Gasteiger partial charge >= 0.3 is 5.97 Å². The van der Waals surface area contributed by atoms with Crippen molar-refractivity contribution in [1.82, 2.24) is 0 Å². The van der Waals surface area contributed by atoms with Crippen LogP contribution in [0.4, 0.5) is 0 Å². The van der Waals surface area contributed by atoms with Gasteiger partial charge in [-0.3, -0.25) is 4.79 Å². The van der Waals surface area contributed by atoms with E-state index in [0.717, 1.165) is 6.29 Å². The molecule has 0 aromatic rings. The Balaban J connectivity index is 2.21. The van der Waals surface area contributed by atoms with Crippen LogP contribution in [0.5, 0.6) is 0 Å². The van der Waals surface area contributed by atoms with Crippen LogP contribution in [0.25, 0.3) is 0 Å². The lowest BCUT2D eigenvalue weighted by molar-refractivity contribution is -0.166. The highest BCUT2D eigenvalue weighted by Crippen LogP contribution is 2.33. The third kappa shape index (κ3) is 5.35. The maximum Gasteiger partial charge on any atom is 0.309 e. The molecule has 0 aromatic carbocycles. The zero-order valence-electron chi connectivity index (χ0n) is 10.8. The van der Waals surface area contributed by atoms with Crippen molar-refractivity contribution in [2.24, 2.45) is 5.92 Å². The lowest BCUT2D eigenvalue weighted by atomic mass is 9.82. The van der Waals surface area contributed by atoms with Gasteiger partial charge in [-0.15, -0.1) is 0 Å². The fourth-order valence-corrected chi connectivity index (χ4v) is 2.26. The molecule has 0 spiro atoms. The molecule has 0 saturated heterocycles. The summed E-state index contributed by atoms with van der Waals surface area (Å²) in [6, 6.07) is 0. The zero-order chi connectivity index (χ0) is 13.8. The minimum absolute atomic E-state index is 0.0193. The van der Waals surface area contributed by atoms with Crippen molar-refractivity contribution in [1.29, 1.82) is 0 Å². The van der Waals surface area contributed by atoms with Gasteiger partial charge in [0.05, 0.1) is 11.7 Å². The molecule has 0 aromatic heterocycles. The van der Waals surface area contributed by atoms with Gasteiger partial charge in [-0.1, -0.05) is 11.8 Å². The predicted octanol–water partition coefficient (Wildman–Crippen LogP) is 2.34. The second-order valence-electron chi connectivity index (χ2n) is 5.17. The second-order valence-corrected chi connectivity index (χ2v) is 6.79. The highest BCUT2D eigenvalue weighted by atomic mass is 32.2. The van der Waals surface area contributed by atoms with E-state index in [0.29, 0.717) is 23.0 Å². The third-order valence-corrected chi connectivity index (χ3v) is 3.45. The Morgan fingerprint density at radius 1 is 1.44 bits per heavy atom. The fourth-order valence-electron chi connectivity index (χ4n) is 1.51. The fraction of sp³-hybridized carbons (Fsp3) is 0.750. The molecule has 0 bridgehead atoms. The summed E-state index contributed by atoms with van der Waals surface area (Å²) < 4.78 is 11.1. The van der Waals surface area contributed by atoms with E-state index < -0.39 is 5.60 Å². The average Bonchev–Trinajstić information content (AvgIpc) is 2.16. The molecule has 1 saturated carbocycles. The highest BCUT2D eigenvalue weighted by molar-refractivity contribution is 8.22. The first kappa shape index (κ1) is 15.4. The SMILES string of the molecule is CC(C)(C)OC(=O)C1CC(OC(=S)SCC=O)C1. The summed E-state index contributed by atoms with van der Waals surface area (Å²) in [6.07, 6.45) is 2.03. The Morgan fingerprint density at radius 3 is 2.56 bits per heavy atom. The van der Waals surface area contributed by atoms with E-state index in [9.17, 15) is 9.59 Å². The quantitative estimate of drug-likeness (QED) is 0.450. The number of rotatable bonds is 4. The van der Waals surface area contributed by atoms with E-state index in [1.165, 1.54) is 11.8 Å². The van der Waals surface area contributed by atoms with Gasteiger partial charge in [-0.2, -0.15) is 0 Å². The molecule has 0 atom stereocenters. The molecule has 4 nitrogen and oxygen atoms in total. The van der Waals surface area contributed by atoms with Gasteiger partial charge in [0.15, 0.2) is 0 Å². The minimum Gasteiger partial charge on any atom is -0.475 e. The smallest absolute Gasteiger partial charge is 0.309 e. The molecule has 1 aliphatic rings. The number of ether oxygens (including phenoxy) is 2. The van der Waals surface area contributed by atoms with Crippen molar-refractivity contribution < 1.29 is 19.1 Å². The molecular weight excluding hydrogens is 272 g/mol. The maximum atomic E-state index is 11.7. The van der Waals surface area contributed by atoms with Crippen molar-refractivity contribution in [3.8, 4) is 0 Å². The average molecular weight is 290 g/mol. The molecule has 0 heterocycles. The van der Waals surface area contributed by atoms with Crippen molar-refractivity contribution in [3.05, 3.63) is 0 Å². The number of esters is 1. The van der Waals surface area contributed by atoms with Crippen LogP contribution in [0.2, 0.25) is 0 Å². The van der Waals surface area contributed by atoms with E-state index >= 15 is 0 Å². The Bertz CT molecular complexity index is 329. The largest absolute Gasteiger partial charge is 0.475 e. The van der Waals surface area contributed by atoms with E-state index in [1.54, 1.807) is 0 Å². The highest BCUT2D eigenvalue weighted by Gasteiger charge is 2.38. The summed E-state index contributed by atoms with van der Waals surface area (Å²) in [5.74, 6) is 0.0445. The van der Waals surface area contributed by atoms with E-state index in [2.05, 4.69) is 0 Å². The summed E-state index contributed by atoms with van der Waals surface area (Å²) in [6.45, 7) is 5.55. The second kappa shape index (κ2) is 6.52. The Morgan fingerprint density at radius 2 is 2.06 bits per heavy atom. The van der Waals surface area contributed by atoms with Crippen LogP contribution in [0.15, 0.2) is 0 Å². The number of hydrogen-bond acceptors (Lipinski definition) is 6. The van der Waals surface area contributed by atoms with Crippen LogP contribution in [0.1, 0.15) is 33.6 Å². The van der Waals surface area contributed by atoms with Gasteiger partial charge in [-0.25, -0.2) is 0 Å². The summed E-state index contributed by atoms with van der Waals surface area (Å²) in [5.41, 5.74) is -0.446. The van der Waals surface area contributed by atoms with Crippen LogP contribution in [-0.4, -0.2) is 34.1 Å². The van der Waals surface area contributed by atoms with E-state index in [4.69, 9.17) is 21.7 Å². The Kier molecular flexibility index (Phi) is 5.59. The summed E-state index contributed by atoms with van der Waals surface area (Å²) >= 11 is 6.15. The van der Waals surface area contributed by atoms with Crippen molar-refractivity contribution in [3.63, 3.8) is 0 Å². The van der Waals surface area contributed by atoms with Gasteiger partial charge in [-0.05, 0) is 45.8 Å². The Labute approximate surface area is 117 Å². The molecule has 0 radical (unpaired) electrons. The number of carbonyl (C=O) groups is 2. The van der Waals surface area contributed by atoms with Gasteiger partial charge in [0.1, 0.15) is 18.0 Å². The van der Waals surface area contributed by atoms with Crippen LogP contribution >= 0.6 is 24.0 Å². The predicted molar refractivity (Wildman–Crippen MR) is 74.6 cm³/mol. The van der Waals surface area contributed by atoms with Gasteiger partial charge < -0.3 is 14.3 Å². The zero-order valence-corrected chi connectivity index (χ0v) is 12.4. The number of aldehydes is 1.